The summed E-state index contributed by atoms with van der Waals surface area (Å²) in [6.45, 7) is 5.14. The fourth-order valence-electron chi connectivity index (χ4n) is 1.68. The maximum Gasteiger partial charge on any atom is 0.345 e. The van der Waals surface area contributed by atoms with Crippen molar-refractivity contribution in [2.75, 3.05) is 13.1 Å². The van der Waals surface area contributed by atoms with Crippen molar-refractivity contribution < 1.29 is 15.3 Å². The van der Waals surface area contributed by atoms with Crippen LogP contribution in [0.4, 0.5) is 0 Å². The van der Waals surface area contributed by atoms with Crippen molar-refractivity contribution in [1.82, 2.24) is 4.90 Å². The van der Waals surface area contributed by atoms with Crippen LogP contribution in [0.3, 0.4) is 0 Å². The lowest BCUT2D eigenvalue weighted by molar-refractivity contribution is -0.399. The molecular formula is C8H17NO3. The third-order valence-electron chi connectivity index (χ3n) is 2.32. The number of rotatable bonds is 1. The summed E-state index contributed by atoms with van der Waals surface area (Å²) in [6, 6.07) is 0. The first kappa shape index (κ1) is 9.92. The molecule has 1 fully saturated rings. The smallest absolute Gasteiger partial charge is 0.330 e. The number of piperidine rings is 1. The van der Waals surface area contributed by atoms with Crippen LogP contribution in [-0.4, -0.2) is 39.4 Å². The molecule has 4 heteroatoms. The van der Waals surface area contributed by atoms with E-state index >= 15 is 0 Å². The topological polar surface area (TPSA) is 63.9 Å². The number of hydrogen-bond donors (Lipinski definition) is 3. The Morgan fingerprint density at radius 2 is 1.83 bits per heavy atom. The molecule has 1 aliphatic rings. The Labute approximate surface area is 72.4 Å². The zero-order valence-electron chi connectivity index (χ0n) is 7.62. The first-order chi connectivity index (χ1) is 5.31. The van der Waals surface area contributed by atoms with E-state index in [0.717, 1.165) is 12.8 Å². The highest BCUT2D eigenvalue weighted by molar-refractivity contribution is 4.80. The van der Waals surface area contributed by atoms with Gasteiger partial charge in [0.15, 0.2) is 0 Å². The molecule has 0 amide bonds. The minimum atomic E-state index is -2.64. The standard InChI is InChI=1S/C8H17NO3/c1-7(2)4-3-5-9(6-7)8(10,11)12/h10-12H,3-6H2,1-2H3. The summed E-state index contributed by atoms with van der Waals surface area (Å²) in [7, 11) is 0. The van der Waals surface area contributed by atoms with Crippen molar-refractivity contribution >= 4 is 0 Å². The van der Waals surface area contributed by atoms with Crippen molar-refractivity contribution in [3.05, 3.63) is 0 Å². The van der Waals surface area contributed by atoms with E-state index in [-0.39, 0.29) is 5.41 Å². The van der Waals surface area contributed by atoms with Crippen LogP contribution in [0.25, 0.3) is 0 Å². The average Bonchev–Trinajstić information content (AvgIpc) is 1.83. The molecule has 0 bridgehead atoms. The van der Waals surface area contributed by atoms with E-state index in [9.17, 15) is 0 Å². The molecular weight excluding hydrogens is 158 g/mol. The molecule has 0 aromatic heterocycles. The third kappa shape index (κ3) is 2.42. The third-order valence-corrected chi connectivity index (χ3v) is 2.32. The molecule has 1 heterocycles. The molecule has 4 nitrogen and oxygen atoms in total. The van der Waals surface area contributed by atoms with Crippen molar-refractivity contribution in [2.45, 2.75) is 32.8 Å². The van der Waals surface area contributed by atoms with E-state index in [1.54, 1.807) is 0 Å². The minimum Gasteiger partial charge on any atom is -0.330 e. The first-order valence-electron chi connectivity index (χ1n) is 4.23. The molecule has 0 aromatic carbocycles. The maximum absolute atomic E-state index is 8.91. The van der Waals surface area contributed by atoms with Crippen molar-refractivity contribution in [3.8, 4) is 0 Å². The van der Waals surface area contributed by atoms with Crippen molar-refractivity contribution in [1.29, 1.82) is 0 Å². The molecule has 1 saturated heterocycles. The molecule has 0 saturated carbocycles. The van der Waals surface area contributed by atoms with Gasteiger partial charge in [-0.3, -0.25) is 0 Å². The van der Waals surface area contributed by atoms with E-state index in [2.05, 4.69) is 0 Å². The van der Waals surface area contributed by atoms with Gasteiger partial charge in [0.2, 0.25) is 0 Å². The highest BCUT2D eigenvalue weighted by Gasteiger charge is 2.36. The summed E-state index contributed by atoms with van der Waals surface area (Å²) in [5.41, 5.74) is 0.0533. The van der Waals surface area contributed by atoms with E-state index in [4.69, 9.17) is 15.3 Å². The van der Waals surface area contributed by atoms with Gasteiger partial charge in [-0.05, 0) is 18.3 Å². The molecule has 0 spiro atoms. The Morgan fingerprint density at radius 1 is 1.25 bits per heavy atom. The highest BCUT2D eigenvalue weighted by atomic mass is 16.7. The van der Waals surface area contributed by atoms with Gasteiger partial charge in [0, 0.05) is 13.1 Å². The molecule has 3 N–H and O–H groups in total. The SMILES string of the molecule is CC1(C)CCCN(C(O)(O)O)C1. The summed E-state index contributed by atoms with van der Waals surface area (Å²) < 4.78 is 0. The quantitative estimate of drug-likeness (QED) is 0.479. The van der Waals surface area contributed by atoms with Gasteiger partial charge in [0.1, 0.15) is 0 Å². The Balaban J connectivity index is 2.58. The Morgan fingerprint density at radius 3 is 2.17 bits per heavy atom. The van der Waals surface area contributed by atoms with E-state index in [0.29, 0.717) is 13.1 Å². The van der Waals surface area contributed by atoms with Gasteiger partial charge in [-0.25, -0.2) is 4.90 Å². The maximum atomic E-state index is 8.91. The van der Waals surface area contributed by atoms with Crippen LogP contribution in [0.2, 0.25) is 0 Å². The van der Waals surface area contributed by atoms with Gasteiger partial charge >= 0.3 is 6.10 Å². The Bertz CT molecular complexity index is 159. The molecule has 0 aromatic rings. The lowest BCUT2D eigenvalue weighted by Crippen LogP contribution is -2.54. The minimum absolute atomic E-state index is 0.0533. The predicted octanol–water partition coefficient (Wildman–Crippen LogP) is -0.303. The van der Waals surface area contributed by atoms with Crippen LogP contribution in [0.5, 0.6) is 0 Å². The van der Waals surface area contributed by atoms with E-state index in [1.165, 1.54) is 4.90 Å². The summed E-state index contributed by atoms with van der Waals surface area (Å²) in [6.07, 6.45) is -0.701. The zero-order valence-corrected chi connectivity index (χ0v) is 7.62. The molecule has 12 heavy (non-hydrogen) atoms. The number of aliphatic hydroxyl groups is 3. The number of likely N-dealkylation sites (tertiary alicyclic amines) is 1. The van der Waals surface area contributed by atoms with Gasteiger partial charge in [-0.2, -0.15) is 0 Å². The molecule has 0 radical (unpaired) electrons. The lowest BCUT2D eigenvalue weighted by atomic mass is 9.84. The molecule has 72 valence electrons. The van der Waals surface area contributed by atoms with Crippen LogP contribution in [0, 0.1) is 5.41 Å². The predicted molar refractivity (Wildman–Crippen MR) is 44.0 cm³/mol. The molecule has 0 aliphatic carbocycles. The van der Waals surface area contributed by atoms with Crippen LogP contribution in [-0.2, 0) is 0 Å². The van der Waals surface area contributed by atoms with Crippen LogP contribution < -0.4 is 0 Å². The largest absolute Gasteiger partial charge is 0.345 e. The van der Waals surface area contributed by atoms with Gasteiger partial charge in [-0.1, -0.05) is 13.8 Å². The van der Waals surface area contributed by atoms with Gasteiger partial charge in [0.25, 0.3) is 0 Å². The molecule has 0 atom stereocenters. The fraction of sp³-hybridized carbons (Fsp3) is 1.00. The second-order valence-corrected chi connectivity index (χ2v) is 4.29. The normalized spacial score (nSPS) is 25.8. The van der Waals surface area contributed by atoms with E-state index in [1.807, 2.05) is 13.8 Å². The summed E-state index contributed by atoms with van der Waals surface area (Å²) in [5.74, 6) is 0. The van der Waals surface area contributed by atoms with Crippen LogP contribution in [0.15, 0.2) is 0 Å². The summed E-state index contributed by atoms with van der Waals surface area (Å²) >= 11 is 0. The highest BCUT2D eigenvalue weighted by Crippen LogP contribution is 2.30. The number of hydrogen-bond acceptors (Lipinski definition) is 4. The zero-order chi connectivity index (χ0) is 9.41. The van der Waals surface area contributed by atoms with E-state index < -0.39 is 6.10 Å². The molecule has 1 aliphatic heterocycles. The van der Waals surface area contributed by atoms with Crippen molar-refractivity contribution in [3.63, 3.8) is 0 Å². The van der Waals surface area contributed by atoms with Gasteiger partial charge < -0.3 is 15.3 Å². The van der Waals surface area contributed by atoms with Crippen molar-refractivity contribution in [2.24, 2.45) is 5.41 Å². The lowest BCUT2D eigenvalue weighted by Gasteiger charge is -2.41. The second kappa shape index (κ2) is 2.96. The van der Waals surface area contributed by atoms with Gasteiger partial charge in [-0.15, -0.1) is 0 Å². The summed E-state index contributed by atoms with van der Waals surface area (Å²) in [4.78, 5) is 1.27. The average molecular weight is 175 g/mol. The fourth-order valence-corrected chi connectivity index (χ4v) is 1.68. The monoisotopic (exact) mass is 175 g/mol. The second-order valence-electron chi connectivity index (χ2n) is 4.29. The van der Waals surface area contributed by atoms with Gasteiger partial charge in [0.05, 0.1) is 0 Å². The van der Waals surface area contributed by atoms with Crippen LogP contribution in [0.1, 0.15) is 26.7 Å². The number of nitrogens with zero attached hydrogens (tertiary/aromatic N) is 1. The molecule has 1 rings (SSSR count). The van der Waals surface area contributed by atoms with Crippen LogP contribution >= 0.6 is 0 Å². The first-order valence-corrected chi connectivity index (χ1v) is 4.23. The Hall–Kier alpha value is -0.160. The molecule has 0 unspecified atom stereocenters. The Kier molecular flexibility index (Phi) is 2.45. The summed E-state index contributed by atoms with van der Waals surface area (Å²) in [5, 5.41) is 26.7.